The summed E-state index contributed by atoms with van der Waals surface area (Å²) in [7, 11) is 0. The first kappa shape index (κ1) is 18.7. The highest BCUT2D eigenvalue weighted by atomic mass is 19.1. The number of aromatic nitrogens is 2. The minimum absolute atomic E-state index is 0.0263. The molecule has 0 aliphatic heterocycles. The molecule has 1 aromatic carbocycles. The van der Waals surface area contributed by atoms with Crippen LogP contribution in [0.4, 0.5) is 10.2 Å². The first-order chi connectivity index (χ1) is 13.0. The number of anilines is 1. The van der Waals surface area contributed by atoms with Gasteiger partial charge in [0.05, 0.1) is 12.6 Å². The average Bonchev–Trinajstić information content (AvgIpc) is 3.10. The number of amides is 1. The largest absolute Gasteiger partial charge is 0.395 e. The van der Waals surface area contributed by atoms with Gasteiger partial charge in [0.1, 0.15) is 11.9 Å². The smallest absolute Gasteiger partial charge is 0.242 e. The van der Waals surface area contributed by atoms with Gasteiger partial charge in [0.2, 0.25) is 11.7 Å². The van der Waals surface area contributed by atoms with Crippen molar-refractivity contribution in [3.8, 4) is 0 Å². The van der Waals surface area contributed by atoms with Crippen molar-refractivity contribution in [3.63, 3.8) is 0 Å². The molecule has 2 aromatic rings. The van der Waals surface area contributed by atoms with E-state index in [1.165, 1.54) is 12.1 Å². The zero-order chi connectivity index (χ0) is 19.4. The molecule has 0 radical (unpaired) electrons. The fraction of sp³-hybridized carbons (Fsp3) is 0.375. The molecular formula is C16H19FN6O4. The maximum atomic E-state index is 13.4. The lowest BCUT2D eigenvalue weighted by molar-refractivity contribution is -0.121. The highest BCUT2D eigenvalue weighted by Crippen LogP contribution is 2.36. The van der Waals surface area contributed by atoms with Gasteiger partial charge in [0, 0.05) is 6.54 Å². The predicted octanol–water partition coefficient (Wildman–Crippen LogP) is 0.140. The van der Waals surface area contributed by atoms with Crippen LogP contribution in [0.15, 0.2) is 27.8 Å². The lowest BCUT2D eigenvalue weighted by atomic mass is 9.83. The molecule has 0 saturated heterocycles. The number of aliphatic imine (C=N–C) groups is 1. The third-order valence-electron chi connectivity index (χ3n) is 4.14. The maximum absolute atomic E-state index is 13.4. The van der Waals surface area contributed by atoms with Crippen molar-refractivity contribution < 1.29 is 24.1 Å². The number of carbonyl (C=O) groups is 1. The number of hydrogen-bond acceptors (Lipinski definition) is 8. The number of aliphatic hydroxyl groups is 1. The van der Waals surface area contributed by atoms with Gasteiger partial charge in [-0.25, -0.2) is 9.02 Å². The third-order valence-corrected chi connectivity index (χ3v) is 4.14. The molecule has 3 rings (SSSR count). The molecule has 1 aromatic heterocycles. The fourth-order valence-corrected chi connectivity index (χ4v) is 2.70. The lowest BCUT2D eigenvalue weighted by Gasteiger charge is -2.27. The Bertz CT molecular complexity index is 855. The Balaban J connectivity index is 1.76. The monoisotopic (exact) mass is 378 g/mol. The van der Waals surface area contributed by atoms with E-state index in [1.54, 1.807) is 13.0 Å². The molecule has 2 atom stereocenters. The van der Waals surface area contributed by atoms with Gasteiger partial charge >= 0.3 is 0 Å². The zero-order valence-electron chi connectivity index (χ0n) is 14.4. The van der Waals surface area contributed by atoms with Gasteiger partial charge in [-0.1, -0.05) is 6.07 Å². The molecule has 144 valence electrons. The topological polar surface area (TPSA) is 145 Å². The predicted molar refractivity (Wildman–Crippen MR) is 91.8 cm³/mol. The number of nitrogens with one attached hydrogen (secondary N) is 3. The standard InChI is InChI=1S/C16H19FN6O4/c1-8(16(25)18-4-5-24)19-15-13(22-27-23-15)14(21-26)20-12-6-9-2-3-10(17)7-11(9)12/h2-3,7-8,12,24,26H,4-6H2,1H3,(H,18,25)(H,19,23)(H,20,21)/t8-,12-/m0/s1. The quantitative estimate of drug-likeness (QED) is 0.260. The lowest BCUT2D eigenvalue weighted by Crippen LogP contribution is -2.39. The second-order valence-corrected chi connectivity index (χ2v) is 5.99. The maximum Gasteiger partial charge on any atom is 0.242 e. The normalized spacial score (nSPS) is 16.9. The minimum Gasteiger partial charge on any atom is -0.395 e. The van der Waals surface area contributed by atoms with Gasteiger partial charge in [-0.05, 0) is 46.9 Å². The van der Waals surface area contributed by atoms with Gasteiger partial charge in [-0.3, -0.25) is 20.5 Å². The summed E-state index contributed by atoms with van der Waals surface area (Å²) in [5, 5.41) is 30.9. The number of halogens is 1. The number of amidine groups is 1. The van der Waals surface area contributed by atoms with Crippen molar-refractivity contribution in [1.82, 2.24) is 21.1 Å². The Morgan fingerprint density at radius 2 is 2.30 bits per heavy atom. The average molecular weight is 378 g/mol. The Kier molecular flexibility index (Phi) is 5.62. The van der Waals surface area contributed by atoms with Crippen LogP contribution in [0.3, 0.4) is 0 Å². The Labute approximate surface area is 153 Å². The molecule has 0 bridgehead atoms. The molecule has 1 aliphatic rings. The Hall–Kier alpha value is -3.05. The number of fused-ring (bicyclic) bond motifs is 1. The molecule has 1 heterocycles. The van der Waals surface area contributed by atoms with E-state index >= 15 is 0 Å². The van der Waals surface area contributed by atoms with Crippen LogP contribution < -0.4 is 16.1 Å². The summed E-state index contributed by atoms with van der Waals surface area (Å²) in [4.78, 5) is 16.2. The molecule has 0 fully saturated rings. The van der Waals surface area contributed by atoms with Crippen LogP contribution in [0, 0.1) is 5.82 Å². The SMILES string of the molecule is C[C@H](Nc1nonc1C(=N[C@H]1Cc2ccc(F)cc21)NO)C(=O)NCCO. The number of benzene rings is 1. The highest BCUT2D eigenvalue weighted by Gasteiger charge is 2.28. The molecule has 0 saturated carbocycles. The summed E-state index contributed by atoms with van der Waals surface area (Å²) < 4.78 is 18.1. The molecule has 5 N–H and O–H groups in total. The van der Waals surface area contributed by atoms with Gasteiger partial charge < -0.3 is 15.7 Å². The van der Waals surface area contributed by atoms with E-state index in [0.29, 0.717) is 6.42 Å². The minimum atomic E-state index is -0.708. The van der Waals surface area contributed by atoms with Crippen LogP contribution in [0.25, 0.3) is 0 Å². The number of carbonyl (C=O) groups excluding carboxylic acids is 1. The van der Waals surface area contributed by atoms with Crippen LogP contribution in [0.5, 0.6) is 0 Å². The van der Waals surface area contributed by atoms with E-state index in [4.69, 9.17) is 5.11 Å². The van der Waals surface area contributed by atoms with Crippen LogP contribution in [0.2, 0.25) is 0 Å². The van der Waals surface area contributed by atoms with Gasteiger partial charge in [-0.15, -0.1) is 0 Å². The summed E-state index contributed by atoms with van der Waals surface area (Å²) in [5.41, 5.74) is 3.73. The molecule has 1 aliphatic carbocycles. The number of hydrogen-bond donors (Lipinski definition) is 5. The van der Waals surface area contributed by atoms with E-state index in [9.17, 15) is 14.4 Å². The van der Waals surface area contributed by atoms with Crippen molar-refractivity contribution in [2.75, 3.05) is 18.5 Å². The van der Waals surface area contributed by atoms with Crippen LogP contribution in [-0.2, 0) is 11.2 Å². The zero-order valence-corrected chi connectivity index (χ0v) is 14.4. The van der Waals surface area contributed by atoms with Crippen molar-refractivity contribution in [1.29, 1.82) is 0 Å². The summed E-state index contributed by atoms with van der Waals surface area (Å²) >= 11 is 0. The van der Waals surface area contributed by atoms with Crippen molar-refractivity contribution in [3.05, 3.63) is 40.8 Å². The number of rotatable bonds is 7. The van der Waals surface area contributed by atoms with E-state index in [2.05, 4.69) is 30.6 Å². The highest BCUT2D eigenvalue weighted by molar-refractivity contribution is 6.00. The summed E-state index contributed by atoms with van der Waals surface area (Å²) in [6.45, 7) is 1.53. The second kappa shape index (κ2) is 8.10. The number of aliphatic hydroxyl groups excluding tert-OH is 1. The molecule has 1 amide bonds. The van der Waals surface area contributed by atoms with E-state index in [0.717, 1.165) is 11.1 Å². The van der Waals surface area contributed by atoms with Gasteiger partial charge in [-0.2, -0.15) is 0 Å². The van der Waals surface area contributed by atoms with E-state index in [-0.39, 0.29) is 48.3 Å². The summed E-state index contributed by atoms with van der Waals surface area (Å²) in [5.74, 6) is -0.653. The molecule has 0 spiro atoms. The number of hydroxylamine groups is 1. The summed E-state index contributed by atoms with van der Waals surface area (Å²) in [6.07, 6.45) is 0.592. The van der Waals surface area contributed by atoms with Crippen molar-refractivity contribution in [2.24, 2.45) is 4.99 Å². The van der Waals surface area contributed by atoms with Crippen molar-refractivity contribution in [2.45, 2.75) is 25.4 Å². The Morgan fingerprint density at radius 3 is 3.04 bits per heavy atom. The summed E-state index contributed by atoms with van der Waals surface area (Å²) in [6, 6.07) is 3.42. The van der Waals surface area contributed by atoms with Gasteiger partial charge in [0.15, 0.2) is 11.5 Å². The second-order valence-electron chi connectivity index (χ2n) is 5.99. The van der Waals surface area contributed by atoms with Crippen molar-refractivity contribution >= 4 is 17.6 Å². The fourth-order valence-electron chi connectivity index (χ4n) is 2.70. The molecule has 27 heavy (non-hydrogen) atoms. The van der Waals surface area contributed by atoms with Gasteiger partial charge in [0.25, 0.3) is 0 Å². The molecule has 10 nitrogen and oxygen atoms in total. The van der Waals surface area contributed by atoms with Crippen LogP contribution >= 0.6 is 0 Å². The van der Waals surface area contributed by atoms with E-state index in [1.807, 2.05) is 5.48 Å². The molecular weight excluding hydrogens is 359 g/mol. The van der Waals surface area contributed by atoms with Crippen LogP contribution in [-0.4, -0.2) is 51.6 Å². The molecule has 0 unspecified atom stereocenters. The van der Waals surface area contributed by atoms with Crippen LogP contribution in [0.1, 0.15) is 29.8 Å². The Morgan fingerprint density at radius 1 is 1.48 bits per heavy atom. The van der Waals surface area contributed by atoms with E-state index < -0.39 is 6.04 Å². The third kappa shape index (κ3) is 4.04. The molecule has 11 heteroatoms. The number of nitrogens with zero attached hydrogens (tertiary/aromatic N) is 3. The first-order valence-electron chi connectivity index (χ1n) is 8.27. The first-order valence-corrected chi connectivity index (χ1v) is 8.27.